The number of piperidine rings is 1. The smallest absolute Gasteiger partial charge is 0.371 e. The molecule has 8 nitrogen and oxygen atoms in total. The quantitative estimate of drug-likeness (QED) is 0.810. The molecule has 0 aromatic carbocycles. The molecule has 0 radical (unpaired) electrons. The molecule has 1 aliphatic rings. The van der Waals surface area contributed by atoms with Gasteiger partial charge in [0.25, 0.3) is 10.0 Å². The van der Waals surface area contributed by atoms with Crippen LogP contribution in [0.2, 0.25) is 0 Å². The van der Waals surface area contributed by atoms with Crippen LogP contribution in [0.1, 0.15) is 37.2 Å². The van der Waals surface area contributed by atoms with E-state index in [-0.39, 0.29) is 30.0 Å². The molecule has 1 amide bonds. The highest BCUT2D eigenvalue weighted by Gasteiger charge is 2.35. The Kier molecular flexibility index (Phi) is 5.89. The van der Waals surface area contributed by atoms with Gasteiger partial charge in [-0.05, 0) is 30.9 Å². The average molecular weight is 372 g/mol. The first-order chi connectivity index (χ1) is 11.6. The number of nitrogens with zero attached hydrogens (tertiary/aromatic N) is 2. The molecule has 0 saturated carbocycles. The minimum absolute atomic E-state index is 0.0388. The third-order valence-electron chi connectivity index (χ3n) is 4.20. The van der Waals surface area contributed by atoms with Crippen molar-refractivity contribution in [2.75, 3.05) is 26.7 Å². The Bertz CT molecular complexity index is 732. The number of hydrogen-bond donors (Lipinski definition) is 1. The van der Waals surface area contributed by atoms with Crippen LogP contribution in [-0.4, -0.2) is 61.3 Å². The minimum atomic E-state index is -3.88. The topological polar surface area (TPSA) is 108 Å². The van der Waals surface area contributed by atoms with Crippen LogP contribution in [0.25, 0.3) is 0 Å². The van der Waals surface area contributed by atoms with Crippen molar-refractivity contribution >= 4 is 21.9 Å². The molecule has 140 valence electrons. The molecular weight excluding hydrogens is 348 g/mol. The summed E-state index contributed by atoms with van der Waals surface area (Å²) in [5.74, 6) is -1.52. The molecular formula is C16H24N2O6S. The van der Waals surface area contributed by atoms with Crippen molar-refractivity contribution in [1.29, 1.82) is 0 Å². The summed E-state index contributed by atoms with van der Waals surface area (Å²) in [5.41, 5.74) is 0. The molecule has 0 aliphatic carbocycles. The van der Waals surface area contributed by atoms with Crippen LogP contribution in [0.5, 0.6) is 0 Å². The molecule has 1 aliphatic heterocycles. The molecule has 1 saturated heterocycles. The lowest BCUT2D eigenvalue weighted by atomic mass is 9.96. The van der Waals surface area contributed by atoms with Gasteiger partial charge in [0.15, 0.2) is 0 Å². The summed E-state index contributed by atoms with van der Waals surface area (Å²) in [6.07, 6.45) is 0.875. The number of sulfonamides is 1. The number of carbonyl (C=O) groups is 2. The van der Waals surface area contributed by atoms with Crippen LogP contribution in [0.4, 0.5) is 0 Å². The first kappa shape index (κ1) is 19.5. The van der Waals surface area contributed by atoms with Crippen molar-refractivity contribution in [3.05, 3.63) is 17.9 Å². The maximum atomic E-state index is 12.5. The predicted octanol–water partition coefficient (Wildman–Crippen LogP) is 1.49. The second-order valence-corrected chi connectivity index (χ2v) is 8.58. The summed E-state index contributed by atoms with van der Waals surface area (Å²) in [7, 11) is -2.12. The standard InChI is InChI=1S/C16H24N2O6S/c1-11(2)10-17(3)15(19)12-6-8-18(9-7-12)25(22,23)14-5-4-13(24-14)16(20)21/h4-5,11-12H,6-10H2,1-3H3,(H,20,21). The normalized spacial score (nSPS) is 17.0. The van der Waals surface area contributed by atoms with E-state index in [0.717, 1.165) is 12.1 Å². The zero-order valence-electron chi connectivity index (χ0n) is 14.6. The molecule has 0 spiro atoms. The van der Waals surface area contributed by atoms with Gasteiger partial charge in [0.1, 0.15) is 0 Å². The van der Waals surface area contributed by atoms with Gasteiger partial charge in [-0.15, -0.1) is 0 Å². The second-order valence-electron chi connectivity index (χ2n) is 6.71. The third kappa shape index (κ3) is 4.40. The van der Waals surface area contributed by atoms with Gasteiger partial charge in [-0.3, -0.25) is 4.79 Å². The van der Waals surface area contributed by atoms with E-state index in [1.54, 1.807) is 11.9 Å². The van der Waals surface area contributed by atoms with Crippen LogP contribution < -0.4 is 0 Å². The lowest BCUT2D eigenvalue weighted by Crippen LogP contribution is -2.44. The molecule has 1 aromatic heterocycles. The van der Waals surface area contributed by atoms with E-state index in [1.807, 2.05) is 13.8 Å². The summed E-state index contributed by atoms with van der Waals surface area (Å²) >= 11 is 0. The summed E-state index contributed by atoms with van der Waals surface area (Å²) in [4.78, 5) is 24.9. The Balaban J connectivity index is 2.01. The van der Waals surface area contributed by atoms with E-state index in [9.17, 15) is 18.0 Å². The molecule has 9 heteroatoms. The highest BCUT2D eigenvalue weighted by atomic mass is 32.2. The van der Waals surface area contributed by atoms with E-state index in [0.29, 0.717) is 25.3 Å². The highest BCUT2D eigenvalue weighted by molar-refractivity contribution is 7.89. The van der Waals surface area contributed by atoms with Crippen LogP contribution in [-0.2, 0) is 14.8 Å². The van der Waals surface area contributed by atoms with Crippen LogP contribution in [0.3, 0.4) is 0 Å². The van der Waals surface area contributed by atoms with Gasteiger partial charge in [-0.25, -0.2) is 13.2 Å². The molecule has 0 bridgehead atoms. The monoisotopic (exact) mass is 372 g/mol. The van der Waals surface area contributed by atoms with Gasteiger partial charge < -0.3 is 14.4 Å². The van der Waals surface area contributed by atoms with Gasteiger partial charge in [0.05, 0.1) is 0 Å². The third-order valence-corrected chi connectivity index (χ3v) is 5.98. The Labute approximate surface area is 147 Å². The predicted molar refractivity (Wildman–Crippen MR) is 89.6 cm³/mol. The van der Waals surface area contributed by atoms with Crippen LogP contribution >= 0.6 is 0 Å². The number of carboxylic acid groups (broad SMARTS) is 1. The zero-order chi connectivity index (χ0) is 18.8. The molecule has 25 heavy (non-hydrogen) atoms. The average Bonchev–Trinajstić information content (AvgIpc) is 3.04. The Morgan fingerprint density at radius 1 is 1.32 bits per heavy atom. The number of furan rings is 1. The number of carbonyl (C=O) groups excluding carboxylic acids is 1. The molecule has 1 N–H and O–H groups in total. The van der Waals surface area contributed by atoms with Crippen molar-refractivity contribution in [2.24, 2.45) is 11.8 Å². The second kappa shape index (κ2) is 7.57. The van der Waals surface area contributed by atoms with Crippen LogP contribution in [0.15, 0.2) is 21.6 Å². The van der Waals surface area contributed by atoms with Crippen molar-refractivity contribution in [3.8, 4) is 0 Å². The van der Waals surface area contributed by atoms with Crippen molar-refractivity contribution in [2.45, 2.75) is 31.8 Å². The fraction of sp³-hybridized carbons (Fsp3) is 0.625. The minimum Gasteiger partial charge on any atom is -0.475 e. The number of aromatic carboxylic acids is 1. The molecule has 2 heterocycles. The van der Waals surface area contributed by atoms with Crippen molar-refractivity contribution in [1.82, 2.24) is 9.21 Å². The summed E-state index contributed by atoms with van der Waals surface area (Å²) in [5, 5.41) is 8.46. The maximum Gasteiger partial charge on any atom is 0.371 e. The zero-order valence-corrected chi connectivity index (χ0v) is 15.5. The summed E-state index contributed by atoms with van der Waals surface area (Å²) in [6.45, 7) is 5.15. The molecule has 0 unspecified atom stereocenters. The number of amides is 1. The first-order valence-corrected chi connectivity index (χ1v) is 9.65. The van der Waals surface area contributed by atoms with E-state index in [2.05, 4.69) is 0 Å². The van der Waals surface area contributed by atoms with Gasteiger partial charge in [0, 0.05) is 32.6 Å². The van der Waals surface area contributed by atoms with Crippen molar-refractivity contribution in [3.63, 3.8) is 0 Å². The SMILES string of the molecule is CC(C)CN(C)C(=O)C1CCN(S(=O)(=O)c2ccc(C(=O)O)o2)CC1. The highest BCUT2D eigenvalue weighted by Crippen LogP contribution is 2.26. The molecule has 2 rings (SSSR count). The summed E-state index contributed by atoms with van der Waals surface area (Å²) in [6, 6.07) is 2.26. The van der Waals surface area contributed by atoms with E-state index in [4.69, 9.17) is 9.52 Å². The molecule has 1 aromatic rings. The number of carboxylic acids is 1. The molecule has 1 fully saturated rings. The molecule has 0 atom stereocenters. The lowest BCUT2D eigenvalue weighted by Gasteiger charge is -2.32. The number of hydrogen-bond acceptors (Lipinski definition) is 5. The first-order valence-electron chi connectivity index (χ1n) is 8.21. The van der Waals surface area contributed by atoms with Crippen LogP contribution in [0, 0.1) is 11.8 Å². The van der Waals surface area contributed by atoms with E-state index >= 15 is 0 Å². The van der Waals surface area contributed by atoms with Gasteiger partial charge in [-0.1, -0.05) is 13.8 Å². The van der Waals surface area contributed by atoms with Gasteiger partial charge >= 0.3 is 5.97 Å². The lowest BCUT2D eigenvalue weighted by molar-refractivity contribution is -0.135. The van der Waals surface area contributed by atoms with Gasteiger partial charge in [-0.2, -0.15) is 4.31 Å². The van der Waals surface area contributed by atoms with Gasteiger partial charge in [0.2, 0.25) is 16.8 Å². The fourth-order valence-electron chi connectivity index (χ4n) is 2.99. The maximum absolute atomic E-state index is 12.5. The van der Waals surface area contributed by atoms with E-state index in [1.165, 1.54) is 4.31 Å². The van der Waals surface area contributed by atoms with Crippen molar-refractivity contribution < 1.29 is 27.5 Å². The Hall–Kier alpha value is -1.87. The van der Waals surface area contributed by atoms with E-state index < -0.39 is 21.8 Å². The fourth-order valence-corrected chi connectivity index (χ4v) is 4.37. The largest absolute Gasteiger partial charge is 0.475 e. The summed E-state index contributed by atoms with van der Waals surface area (Å²) < 4.78 is 31.2. The Morgan fingerprint density at radius 2 is 1.92 bits per heavy atom. The number of rotatable bonds is 6. The Morgan fingerprint density at radius 3 is 2.40 bits per heavy atom.